The van der Waals surface area contributed by atoms with Crippen LogP contribution in [0.15, 0.2) is 36.7 Å². The van der Waals surface area contributed by atoms with Crippen molar-refractivity contribution in [1.82, 2.24) is 4.98 Å². The summed E-state index contributed by atoms with van der Waals surface area (Å²) in [5, 5.41) is 3.58. The summed E-state index contributed by atoms with van der Waals surface area (Å²) in [5.74, 6) is 0.200. The Morgan fingerprint density at radius 3 is 2.86 bits per heavy atom. The highest BCUT2D eigenvalue weighted by Gasteiger charge is 2.13. The molecule has 1 aromatic carbocycles. The molecule has 1 N–H and O–H groups in total. The Morgan fingerprint density at radius 2 is 2.14 bits per heavy atom. The number of carbonyl (C=O) groups is 1. The molecule has 0 fully saturated rings. The monoisotopic (exact) mass is 324 g/mol. The first-order valence-corrected chi connectivity index (χ1v) is 7.20. The molecule has 0 aliphatic carbocycles. The fourth-order valence-electron chi connectivity index (χ4n) is 1.67. The number of hydrogen-bond acceptors (Lipinski definition) is 3. The van der Waals surface area contributed by atoms with Gasteiger partial charge in [-0.25, -0.2) is 0 Å². The molecule has 6 heteroatoms. The predicted molar refractivity (Wildman–Crippen MR) is 84.4 cm³/mol. The third kappa shape index (κ3) is 4.09. The average Bonchev–Trinajstić information content (AvgIpc) is 2.47. The molecule has 1 amide bonds. The van der Waals surface area contributed by atoms with Crippen LogP contribution in [0.1, 0.15) is 23.7 Å². The number of benzene rings is 1. The number of halogens is 2. The van der Waals surface area contributed by atoms with Crippen molar-refractivity contribution in [3.63, 3.8) is 0 Å². The molecule has 1 heterocycles. The van der Waals surface area contributed by atoms with Crippen LogP contribution in [-0.2, 0) is 0 Å². The summed E-state index contributed by atoms with van der Waals surface area (Å²) in [4.78, 5) is 16.1. The second-order valence-corrected chi connectivity index (χ2v) is 5.14. The number of aromatic nitrogens is 1. The molecule has 2 rings (SSSR count). The van der Waals surface area contributed by atoms with Crippen molar-refractivity contribution in [1.29, 1.82) is 0 Å². The van der Waals surface area contributed by atoms with Gasteiger partial charge in [0.15, 0.2) is 0 Å². The van der Waals surface area contributed by atoms with Crippen LogP contribution in [0.4, 0.5) is 5.69 Å². The SMILES string of the molecule is CCCOc1ccc(Cl)cc1NC(=O)c1cnccc1Cl. The Labute approximate surface area is 133 Å². The molecule has 2 aromatic rings. The largest absolute Gasteiger partial charge is 0.491 e. The average molecular weight is 325 g/mol. The van der Waals surface area contributed by atoms with Gasteiger partial charge in [0.2, 0.25) is 0 Å². The van der Waals surface area contributed by atoms with Crippen molar-refractivity contribution in [3.05, 3.63) is 52.3 Å². The Morgan fingerprint density at radius 1 is 1.33 bits per heavy atom. The minimum absolute atomic E-state index is 0.292. The maximum Gasteiger partial charge on any atom is 0.258 e. The lowest BCUT2D eigenvalue weighted by Gasteiger charge is -2.13. The van der Waals surface area contributed by atoms with Gasteiger partial charge >= 0.3 is 0 Å². The molecule has 0 unspecified atom stereocenters. The zero-order valence-corrected chi connectivity index (χ0v) is 12.9. The van der Waals surface area contributed by atoms with E-state index in [0.717, 1.165) is 6.42 Å². The van der Waals surface area contributed by atoms with Gasteiger partial charge in [-0.3, -0.25) is 9.78 Å². The molecule has 0 aliphatic rings. The summed E-state index contributed by atoms with van der Waals surface area (Å²) in [6.07, 6.45) is 3.80. The first kappa shape index (κ1) is 15.6. The topological polar surface area (TPSA) is 51.2 Å². The standard InChI is InChI=1S/C15H14Cl2N2O2/c1-2-7-21-14-4-3-10(16)8-13(14)19-15(20)11-9-18-6-5-12(11)17/h3-6,8-9H,2,7H2,1H3,(H,19,20). The highest BCUT2D eigenvalue weighted by atomic mass is 35.5. The molecule has 1 aromatic heterocycles. The van der Waals surface area contributed by atoms with Gasteiger partial charge in [-0.05, 0) is 30.7 Å². The summed E-state index contributed by atoms with van der Waals surface area (Å²) in [7, 11) is 0. The van der Waals surface area contributed by atoms with Crippen molar-refractivity contribution in [2.45, 2.75) is 13.3 Å². The zero-order valence-electron chi connectivity index (χ0n) is 11.4. The van der Waals surface area contributed by atoms with E-state index >= 15 is 0 Å². The third-order valence-electron chi connectivity index (χ3n) is 2.66. The lowest BCUT2D eigenvalue weighted by atomic mass is 10.2. The van der Waals surface area contributed by atoms with Gasteiger partial charge in [0.05, 0.1) is 22.9 Å². The smallest absolute Gasteiger partial charge is 0.258 e. The van der Waals surface area contributed by atoms with E-state index in [0.29, 0.717) is 33.7 Å². The summed E-state index contributed by atoms with van der Waals surface area (Å²) in [6.45, 7) is 2.56. The van der Waals surface area contributed by atoms with Crippen LogP contribution in [0.3, 0.4) is 0 Å². The van der Waals surface area contributed by atoms with Gasteiger partial charge in [-0.1, -0.05) is 30.1 Å². The molecule has 0 aliphatic heterocycles. The Balaban J connectivity index is 2.24. The van der Waals surface area contributed by atoms with E-state index in [1.807, 2.05) is 6.92 Å². The molecule has 4 nitrogen and oxygen atoms in total. The molecular formula is C15H14Cl2N2O2. The maximum absolute atomic E-state index is 12.2. The summed E-state index contributed by atoms with van der Waals surface area (Å²) in [6, 6.07) is 6.62. The lowest BCUT2D eigenvalue weighted by Crippen LogP contribution is -2.14. The highest BCUT2D eigenvalue weighted by molar-refractivity contribution is 6.34. The first-order valence-electron chi connectivity index (χ1n) is 6.45. The number of ether oxygens (including phenoxy) is 1. The van der Waals surface area contributed by atoms with Crippen LogP contribution in [-0.4, -0.2) is 17.5 Å². The maximum atomic E-state index is 12.2. The normalized spacial score (nSPS) is 10.2. The molecule has 110 valence electrons. The van der Waals surface area contributed by atoms with Crippen LogP contribution in [0.25, 0.3) is 0 Å². The van der Waals surface area contributed by atoms with Gasteiger partial charge in [0, 0.05) is 17.4 Å². The van der Waals surface area contributed by atoms with Gasteiger partial charge in [-0.15, -0.1) is 0 Å². The van der Waals surface area contributed by atoms with Crippen molar-refractivity contribution in [2.24, 2.45) is 0 Å². The molecule has 21 heavy (non-hydrogen) atoms. The highest BCUT2D eigenvalue weighted by Crippen LogP contribution is 2.29. The van der Waals surface area contributed by atoms with Gasteiger partial charge in [0.1, 0.15) is 5.75 Å². The number of anilines is 1. The lowest BCUT2D eigenvalue weighted by molar-refractivity contribution is 0.102. The number of nitrogens with zero attached hydrogens (tertiary/aromatic N) is 1. The van der Waals surface area contributed by atoms with Crippen molar-refractivity contribution < 1.29 is 9.53 Å². The van der Waals surface area contributed by atoms with E-state index in [1.54, 1.807) is 24.3 Å². The van der Waals surface area contributed by atoms with Crippen molar-refractivity contribution in [3.8, 4) is 5.75 Å². The second-order valence-electron chi connectivity index (χ2n) is 4.30. The quantitative estimate of drug-likeness (QED) is 0.885. The number of pyridine rings is 1. The number of amides is 1. The Hall–Kier alpha value is -1.78. The van der Waals surface area contributed by atoms with Crippen LogP contribution in [0.2, 0.25) is 10.0 Å². The van der Waals surface area contributed by atoms with Crippen LogP contribution in [0.5, 0.6) is 5.75 Å². The predicted octanol–water partition coefficient (Wildman–Crippen LogP) is 4.43. The van der Waals surface area contributed by atoms with Crippen LogP contribution < -0.4 is 10.1 Å². The molecule has 0 saturated carbocycles. The number of rotatable bonds is 5. The zero-order chi connectivity index (χ0) is 15.2. The number of hydrogen-bond donors (Lipinski definition) is 1. The van der Waals surface area contributed by atoms with Crippen LogP contribution >= 0.6 is 23.2 Å². The summed E-state index contributed by atoms with van der Waals surface area (Å²) in [5.41, 5.74) is 0.793. The van der Waals surface area contributed by atoms with E-state index in [9.17, 15) is 4.79 Å². The molecular weight excluding hydrogens is 311 g/mol. The van der Waals surface area contributed by atoms with Gasteiger partial charge in [0.25, 0.3) is 5.91 Å². The molecule has 0 spiro atoms. The van der Waals surface area contributed by atoms with E-state index in [1.165, 1.54) is 12.4 Å². The van der Waals surface area contributed by atoms with E-state index < -0.39 is 0 Å². The third-order valence-corrected chi connectivity index (χ3v) is 3.23. The van der Waals surface area contributed by atoms with Crippen molar-refractivity contribution in [2.75, 3.05) is 11.9 Å². The minimum Gasteiger partial charge on any atom is -0.491 e. The first-order chi connectivity index (χ1) is 10.1. The molecule has 0 atom stereocenters. The molecule has 0 radical (unpaired) electrons. The van der Waals surface area contributed by atoms with Gasteiger partial charge < -0.3 is 10.1 Å². The summed E-state index contributed by atoms with van der Waals surface area (Å²) < 4.78 is 5.59. The minimum atomic E-state index is -0.364. The molecule has 0 saturated heterocycles. The Kier molecular flexibility index (Phi) is 5.42. The van der Waals surface area contributed by atoms with Crippen LogP contribution in [0, 0.1) is 0 Å². The number of carbonyl (C=O) groups excluding carboxylic acids is 1. The van der Waals surface area contributed by atoms with E-state index in [2.05, 4.69) is 10.3 Å². The Bertz CT molecular complexity index is 647. The molecule has 0 bridgehead atoms. The fraction of sp³-hybridized carbons (Fsp3) is 0.200. The summed E-state index contributed by atoms with van der Waals surface area (Å²) >= 11 is 11.9. The fourth-order valence-corrected chi connectivity index (χ4v) is 2.04. The van der Waals surface area contributed by atoms with E-state index in [4.69, 9.17) is 27.9 Å². The van der Waals surface area contributed by atoms with Gasteiger partial charge in [-0.2, -0.15) is 0 Å². The second kappa shape index (κ2) is 7.29. The van der Waals surface area contributed by atoms with E-state index in [-0.39, 0.29) is 5.91 Å². The number of nitrogens with one attached hydrogen (secondary N) is 1. The van der Waals surface area contributed by atoms with Crippen molar-refractivity contribution >= 4 is 34.8 Å².